The molecule has 1 fully saturated rings. The maximum Gasteiger partial charge on any atom is 0.416 e. The molecule has 1 aliphatic heterocycles. The quantitative estimate of drug-likeness (QED) is 0.454. The van der Waals surface area contributed by atoms with Crippen LogP contribution in [0.4, 0.5) is 19.0 Å². The summed E-state index contributed by atoms with van der Waals surface area (Å²) < 4.78 is 39.0. The summed E-state index contributed by atoms with van der Waals surface area (Å²) in [6.45, 7) is 1.60. The molecule has 0 saturated carbocycles. The van der Waals surface area contributed by atoms with E-state index in [1.54, 1.807) is 30.5 Å². The van der Waals surface area contributed by atoms with Crippen LogP contribution in [0, 0.1) is 5.92 Å². The average molecular weight is 540 g/mol. The number of aromatic nitrogens is 3. The number of pyridine rings is 1. The molecule has 3 N–H and O–H groups in total. The van der Waals surface area contributed by atoms with E-state index >= 15 is 0 Å². The molecule has 2 unspecified atom stereocenters. The molecule has 2 aromatic heterocycles. The molecule has 202 valence electrons. The molecule has 5 rings (SSSR count). The van der Waals surface area contributed by atoms with Crippen molar-refractivity contribution < 1.29 is 33.0 Å². The van der Waals surface area contributed by atoms with Crippen LogP contribution in [0.3, 0.4) is 0 Å². The summed E-state index contributed by atoms with van der Waals surface area (Å²) in [5.41, 5.74) is 0.774. The minimum atomic E-state index is -4.44. The van der Waals surface area contributed by atoms with Gasteiger partial charge in [-0.3, -0.25) is 9.59 Å². The van der Waals surface area contributed by atoms with Gasteiger partial charge in [-0.1, -0.05) is 30.4 Å². The lowest BCUT2D eigenvalue weighted by Gasteiger charge is -2.36. The fraction of sp³-hybridized carbons (Fsp3) is 0.259. The van der Waals surface area contributed by atoms with Crippen LogP contribution in [-0.2, 0) is 15.8 Å². The Morgan fingerprint density at radius 3 is 2.51 bits per heavy atom. The number of amides is 1. The first kappa shape index (κ1) is 26.2. The summed E-state index contributed by atoms with van der Waals surface area (Å²) >= 11 is 0. The molecule has 2 aliphatic rings. The van der Waals surface area contributed by atoms with Crippen molar-refractivity contribution in [3.8, 4) is 11.4 Å². The number of benzene rings is 1. The van der Waals surface area contributed by atoms with Crippen molar-refractivity contribution in [2.24, 2.45) is 5.92 Å². The Morgan fingerprint density at radius 2 is 1.85 bits per heavy atom. The number of hydrogen-bond acceptors (Lipinski definition) is 6. The minimum absolute atomic E-state index is 0.234. The second-order valence-corrected chi connectivity index (χ2v) is 9.21. The number of allylic oxidation sites excluding steroid dienone is 2. The normalized spacial score (nSPS) is 18.7. The Kier molecular flexibility index (Phi) is 6.96. The monoisotopic (exact) mass is 539 g/mol. The van der Waals surface area contributed by atoms with E-state index in [0.717, 1.165) is 12.1 Å². The second kappa shape index (κ2) is 10.4. The first-order valence-electron chi connectivity index (χ1n) is 12.1. The number of aromatic amines is 1. The summed E-state index contributed by atoms with van der Waals surface area (Å²) in [7, 11) is 0. The summed E-state index contributed by atoms with van der Waals surface area (Å²) in [5.74, 6) is -1.45. The highest BCUT2D eigenvalue weighted by Gasteiger charge is 2.31. The van der Waals surface area contributed by atoms with E-state index in [1.807, 2.05) is 4.90 Å². The van der Waals surface area contributed by atoms with Gasteiger partial charge in [0.15, 0.2) is 6.10 Å². The van der Waals surface area contributed by atoms with Gasteiger partial charge in [-0.05, 0) is 35.9 Å². The summed E-state index contributed by atoms with van der Waals surface area (Å²) in [5, 5.41) is 19.9. The lowest BCUT2D eigenvalue weighted by Crippen LogP contribution is -2.52. The van der Waals surface area contributed by atoms with Crippen LogP contribution in [0.1, 0.15) is 5.56 Å². The summed E-state index contributed by atoms with van der Waals surface area (Å²) in [4.78, 5) is 39.5. The number of aliphatic hydroxyl groups is 1. The Bertz CT molecular complexity index is 1490. The number of carbonyl (C=O) groups is 2. The highest BCUT2D eigenvalue weighted by atomic mass is 19.4. The van der Waals surface area contributed by atoms with Crippen LogP contribution >= 0.6 is 0 Å². The number of anilines is 1. The van der Waals surface area contributed by atoms with Gasteiger partial charge in [0.1, 0.15) is 11.6 Å². The van der Waals surface area contributed by atoms with Crippen molar-refractivity contribution in [2.45, 2.75) is 12.3 Å². The van der Waals surface area contributed by atoms with Crippen LogP contribution in [-0.4, -0.2) is 74.2 Å². The van der Waals surface area contributed by atoms with E-state index in [2.05, 4.69) is 15.0 Å². The molecule has 1 amide bonds. The first-order chi connectivity index (χ1) is 18.6. The molecule has 39 heavy (non-hydrogen) atoms. The number of imidazole rings is 1. The lowest BCUT2D eigenvalue weighted by atomic mass is 10.0. The number of alkyl halides is 3. The number of rotatable bonds is 5. The molecule has 2 atom stereocenters. The highest BCUT2D eigenvalue weighted by molar-refractivity contribution is 5.85. The number of carbonyl (C=O) groups excluding carboxylic acids is 1. The summed E-state index contributed by atoms with van der Waals surface area (Å²) in [6.07, 6.45) is 3.18. The maximum absolute atomic E-state index is 13.0. The average Bonchev–Trinajstić information content (AvgIpc) is 3.20. The molecule has 0 bridgehead atoms. The van der Waals surface area contributed by atoms with Gasteiger partial charge in [0.05, 0.1) is 22.5 Å². The van der Waals surface area contributed by atoms with Gasteiger partial charge in [0, 0.05) is 37.9 Å². The fourth-order valence-corrected chi connectivity index (χ4v) is 4.51. The van der Waals surface area contributed by atoms with Gasteiger partial charge in [-0.15, -0.1) is 0 Å². The van der Waals surface area contributed by atoms with Crippen LogP contribution in [0.5, 0.6) is 0 Å². The molecule has 1 saturated heterocycles. The molecule has 3 aromatic rings. The third-order valence-electron chi connectivity index (χ3n) is 6.67. The van der Waals surface area contributed by atoms with Gasteiger partial charge in [-0.2, -0.15) is 13.2 Å². The van der Waals surface area contributed by atoms with Crippen LogP contribution < -0.4 is 4.90 Å². The van der Waals surface area contributed by atoms with Crippen molar-refractivity contribution in [2.75, 3.05) is 31.1 Å². The molecule has 1 aromatic carbocycles. The van der Waals surface area contributed by atoms with Gasteiger partial charge in [0.2, 0.25) is 0 Å². The van der Waals surface area contributed by atoms with Crippen molar-refractivity contribution in [3.63, 3.8) is 0 Å². The van der Waals surface area contributed by atoms with E-state index in [4.69, 9.17) is 0 Å². The smallest absolute Gasteiger partial charge is 0.416 e. The van der Waals surface area contributed by atoms with Crippen molar-refractivity contribution >= 4 is 28.7 Å². The molecule has 0 spiro atoms. The van der Waals surface area contributed by atoms with Gasteiger partial charge in [-0.25, -0.2) is 9.97 Å². The van der Waals surface area contributed by atoms with Crippen molar-refractivity contribution in [1.29, 1.82) is 0 Å². The van der Waals surface area contributed by atoms with Crippen molar-refractivity contribution in [3.05, 3.63) is 78.0 Å². The number of nitrogens with zero attached hydrogens (tertiary/aromatic N) is 4. The number of nitrogens with one attached hydrogen (secondary N) is 1. The predicted octanol–water partition coefficient (Wildman–Crippen LogP) is 3.41. The van der Waals surface area contributed by atoms with Gasteiger partial charge >= 0.3 is 12.1 Å². The Hall–Kier alpha value is -4.45. The standard InChI is InChI=1S/C27H24F3N5O4/c28-27(29,30)19-6-7-20-21(14-19)33-24(32-20)18-5-8-22(31-15-18)34-9-11-35(12-10-34)25(37)23(36)16-3-1-2-4-17(13-16)26(38)39/h1-8,13-15,17,23,36H,9-12H2,(H,32,33)(H,38,39). The summed E-state index contributed by atoms with van der Waals surface area (Å²) in [6, 6.07) is 6.88. The second-order valence-electron chi connectivity index (χ2n) is 9.21. The maximum atomic E-state index is 13.0. The van der Waals surface area contributed by atoms with Gasteiger partial charge in [0.25, 0.3) is 5.91 Å². The molecule has 9 nitrogen and oxygen atoms in total. The number of aliphatic hydroxyl groups excluding tert-OH is 1. The third kappa shape index (κ3) is 5.55. The molecule has 0 radical (unpaired) electrons. The number of carboxylic acid groups (broad SMARTS) is 1. The molecule has 3 heterocycles. The minimum Gasteiger partial charge on any atom is -0.481 e. The first-order valence-corrected chi connectivity index (χ1v) is 12.1. The Morgan fingerprint density at radius 1 is 1.08 bits per heavy atom. The Balaban J connectivity index is 1.22. The lowest BCUT2D eigenvalue weighted by molar-refractivity contribution is -0.140. The third-order valence-corrected chi connectivity index (χ3v) is 6.67. The zero-order valence-corrected chi connectivity index (χ0v) is 20.5. The van der Waals surface area contributed by atoms with E-state index < -0.39 is 35.6 Å². The largest absolute Gasteiger partial charge is 0.481 e. The van der Waals surface area contributed by atoms with E-state index in [9.17, 15) is 33.0 Å². The molecule has 1 aliphatic carbocycles. The van der Waals surface area contributed by atoms with E-state index in [0.29, 0.717) is 48.9 Å². The topological polar surface area (TPSA) is 123 Å². The zero-order valence-electron chi connectivity index (χ0n) is 20.5. The fourth-order valence-electron chi connectivity index (χ4n) is 4.51. The number of carboxylic acids is 1. The Labute approximate surface area is 220 Å². The van der Waals surface area contributed by atoms with Crippen LogP contribution in [0.25, 0.3) is 22.4 Å². The predicted molar refractivity (Wildman–Crippen MR) is 137 cm³/mol. The SMILES string of the molecule is O=C(O)C1C=CC=CC(C(O)C(=O)N2CCN(c3ccc(-c4nc5ccc(C(F)(F)F)cc5[nH]4)cn3)CC2)=C1. The molecular weight excluding hydrogens is 515 g/mol. The number of halogens is 3. The van der Waals surface area contributed by atoms with Crippen LogP contribution in [0.2, 0.25) is 0 Å². The van der Waals surface area contributed by atoms with E-state index in [1.165, 1.54) is 29.2 Å². The number of fused-ring (bicyclic) bond motifs is 1. The highest BCUT2D eigenvalue weighted by Crippen LogP contribution is 2.32. The number of hydrogen-bond donors (Lipinski definition) is 3. The zero-order chi connectivity index (χ0) is 27.7. The van der Waals surface area contributed by atoms with Crippen LogP contribution in [0.15, 0.2) is 72.5 Å². The molecular formula is C27H24F3N5O4. The number of aliphatic carboxylic acids is 1. The molecule has 12 heteroatoms. The van der Waals surface area contributed by atoms with Gasteiger partial charge < -0.3 is 25.0 Å². The van der Waals surface area contributed by atoms with Crippen molar-refractivity contribution in [1.82, 2.24) is 19.9 Å². The number of H-pyrrole nitrogens is 1. The number of piperazine rings is 1. The van der Waals surface area contributed by atoms with E-state index in [-0.39, 0.29) is 11.1 Å².